The molecule has 78 valence electrons. The number of hydrogen-bond donors (Lipinski definition) is 1. The zero-order valence-corrected chi connectivity index (χ0v) is 9.69. The van der Waals surface area contributed by atoms with E-state index in [1.54, 1.807) is 0 Å². The highest BCUT2D eigenvalue weighted by molar-refractivity contribution is 4.77. The minimum atomic E-state index is 0.498. The molecule has 1 fully saturated rings. The Labute approximate surface area is 83.3 Å². The summed E-state index contributed by atoms with van der Waals surface area (Å²) in [6.45, 7) is 10.7. The molecule has 1 heterocycles. The average Bonchev–Trinajstić information content (AvgIpc) is 2.34. The maximum absolute atomic E-state index is 3.57. The van der Waals surface area contributed by atoms with Gasteiger partial charge in [0.15, 0.2) is 0 Å². The van der Waals surface area contributed by atoms with Gasteiger partial charge in [0.05, 0.1) is 0 Å². The minimum Gasteiger partial charge on any atom is -0.314 e. The lowest BCUT2D eigenvalue weighted by atomic mass is 9.83. The topological polar surface area (TPSA) is 12.0 Å². The number of nitrogens with one attached hydrogen (secondary N) is 1. The maximum Gasteiger partial charge on any atom is 0.00700 e. The van der Waals surface area contributed by atoms with Crippen LogP contribution in [0.4, 0.5) is 0 Å². The summed E-state index contributed by atoms with van der Waals surface area (Å²) in [6.07, 6.45) is 5.50. The third kappa shape index (κ3) is 4.66. The largest absolute Gasteiger partial charge is 0.314 e. The van der Waals surface area contributed by atoms with E-state index in [-0.39, 0.29) is 0 Å². The summed E-state index contributed by atoms with van der Waals surface area (Å²) < 4.78 is 0. The van der Waals surface area contributed by atoms with Crippen LogP contribution in [0, 0.1) is 11.3 Å². The fourth-order valence-electron chi connectivity index (χ4n) is 2.57. The van der Waals surface area contributed by atoms with E-state index in [0.29, 0.717) is 5.41 Å². The zero-order valence-electron chi connectivity index (χ0n) is 9.69. The Morgan fingerprint density at radius 1 is 1.38 bits per heavy atom. The molecule has 1 aliphatic heterocycles. The zero-order chi connectivity index (χ0) is 9.90. The van der Waals surface area contributed by atoms with Crippen LogP contribution in [0.25, 0.3) is 0 Å². The van der Waals surface area contributed by atoms with Gasteiger partial charge in [-0.2, -0.15) is 0 Å². The van der Waals surface area contributed by atoms with E-state index in [9.17, 15) is 0 Å². The van der Waals surface area contributed by atoms with Crippen LogP contribution in [0.5, 0.6) is 0 Å². The highest BCUT2D eigenvalue weighted by Gasteiger charge is 2.20. The molecule has 1 nitrogen and oxygen atoms in total. The van der Waals surface area contributed by atoms with Crippen molar-refractivity contribution >= 4 is 0 Å². The number of rotatable bonds is 3. The minimum absolute atomic E-state index is 0.498. The highest BCUT2D eigenvalue weighted by Crippen LogP contribution is 2.27. The first-order chi connectivity index (χ1) is 5.97. The van der Waals surface area contributed by atoms with Gasteiger partial charge >= 0.3 is 0 Å². The Hall–Kier alpha value is -0.0400. The van der Waals surface area contributed by atoms with E-state index in [1.165, 1.54) is 32.2 Å². The summed E-state index contributed by atoms with van der Waals surface area (Å²) in [4.78, 5) is 0. The molecule has 0 aromatic carbocycles. The molecule has 0 bridgehead atoms. The lowest BCUT2D eigenvalue weighted by Crippen LogP contribution is -2.25. The predicted molar refractivity (Wildman–Crippen MR) is 58.9 cm³/mol. The molecule has 2 atom stereocenters. The van der Waals surface area contributed by atoms with E-state index in [0.717, 1.165) is 12.0 Å². The molecular formula is C12H25N. The average molecular weight is 183 g/mol. The quantitative estimate of drug-likeness (QED) is 0.708. The van der Waals surface area contributed by atoms with Crippen molar-refractivity contribution in [3.8, 4) is 0 Å². The van der Waals surface area contributed by atoms with Crippen LogP contribution in [-0.2, 0) is 0 Å². The van der Waals surface area contributed by atoms with Crippen LogP contribution in [0.1, 0.15) is 53.4 Å². The molecule has 0 radical (unpaired) electrons. The van der Waals surface area contributed by atoms with Crippen LogP contribution < -0.4 is 5.32 Å². The first-order valence-electron chi connectivity index (χ1n) is 5.71. The fraction of sp³-hybridized carbons (Fsp3) is 1.00. The Morgan fingerprint density at radius 3 is 2.54 bits per heavy atom. The van der Waals surface area contributed by atoms with Gasteiger partial charge in [0.2, 0.25) is 0 Å². The molecule has 13 heavy (non-hydrogen) atoms. The van der Waals surface area contributed by atoms with E-state index in [4.69, 9.17) is 0 Å². The lowest BCUT2D eigenvalue weighted by Gasteiger charge is -2.25. The summed E-state index contributed by atoms with van der Waals surface area (Å²) in [6, 6.07) is 0.817. The van der Waals surface area contributed by atoms with Crippen molar-refractivity contribution in [1.82, 2.24) is 5.32 Å². The van der Waals surface area contributed by atoms with Crippen molar-refractivity contribution in [3.05, 3.63) is 0 Å². The second-order valence-electron chi connectivity index (χ2n) is 5.90. The van der Waals surface area contributed by atoms with Crippen molar-refractivity contribution in [1.29, 1.82) is 0 Å². The smallest absolute Gasteiger partial charge is 0.00700 e. The van der Waals surface area contributed by atoms with Crippen molar-refractivity contribution in [2.24, 2.45) is 11.3 Å². The molecule has 0 spiro atoms. The SMILES string of the molecule is CC(CC1CCCN1)CC(C)(C)C. The molecule has 0 aromatic heterocycles. The normalized spacial score (nSPS) is 26.3. The summed E-state index contributed by atoms with van der Waals surface area (Å²) in [5.41, 5.74) is 0.498. The van der Waals surface area contributed by atoms with Gasteiger partial charge in [-0.3, -0.25) is 0 Å². The summed E-state index contributed by atoms with van der Waals surface area (Å²) in [7, 11) is 0. The summed E-state index contributed by atoms with van der Waals surface area (Å²) in [5, 5.41) is 3.57. The summed E-state index contributed by atoms with van der Waals surface area (Å²) >= 11 is 0. The van der Waals surface area contributed by atoms with Crippen molar-refractivity contribution in [3.63, 3.8) is 0 Å². The second-order valence-corrected chi connectivity index (χ2v) is 5.90. The van der Waals surface area contributed by atoms with Gasteiger partial charge in [-0.1, -0.05) is 27.7 Å². The van der Waals surface area contributed by atoms with Crippen molar-refractivity contribution < 1.29 is 0 Å². The van der Waals surface area contributed by atoms with Crippen LogP contribution in [0.15, 0.2) is 0 Å². The van der Waals surface area contributed by atoms with Gasteiger partial charge in [0.25, 0.3) is 0 Å². The van der Waals surface area contributed by atoms with Gasteiger partial charge in [-0.05, 0) is 43.6 Å². The Balaban J connectivity index is 2.20. The Kier molecular flexibility index (Phi) is 3.78. The van der Waals surface area contributed by atoms with Crippen molar-refractivity contribution in [2.75, 3.05) is 6.54 Å². The third-order valence-corrected chi connectivity index (χ3v) is 2.81. The molecule has 1 heteroatoms. The standard InChI is InChI=1S/C12H25N/c1-10(9-12(2,3)4)8-11-6-5-7-13-11/h10-11,13H,5-9H2,1-4H3. The highest BCUT2D eigenvalue weighted by atomic mass is 14.9. The van der Waals surface area contributed by atoms with Crippen LogP contribution in [-0.4, -0.2) is 12.6 Å². The van der Waals surface area contributed by atoms with Gasteiger partial charge < -0.3 is 5.32 Å². The Morgan fingerprint density at radius 2 is 2.08 bits per heavy atom. The maximum atomic E-state index is 3.57. The van der Waals surface area contributed by atoms with E-state index < -0.39 is 0 Å². The molecule has 1 aliphatic rings. The fourth-order valence-corrected chi connectivity index (χ4v) is 2.57. The van der Waals surface area contributed by atoms with E-state index in [2.05, 4.69) is 33.0 Å². The van der Waals surface area contributed by atoms with Crippen LogP contribution in [0.3, 0.4) is 0 Å². The second kappa shape index (κ2) is 4.45. The number of hydrogen-bond acceptors (Lipinski definition) is 1. The lowest BCUT2D eigenvalue weighted by molar-refractivity contribution is 0.281. The molecule has 0 aromatic rings. The van der Waals surface area contributed by atoms with E-state index in [1.807, 2.05) is 0 Å². The first kappa shape index (κ1) is 11.0. The molecule has 0 amide bonds. The van der Waals surface area contributed by atoms with Gasteiger partial charge in [-0.25, -0.2) is 0 Å². The van der Waals surface area contributed by atoms with Crippen LogP contribution >= 0.6 is 0 Å². The molecule has 1 rings (SSSR count). The third-order valence-electron chi connectivity index (χ3n) is 2.81. The first-order valence-corrected chi connectivity index (χ1v) is 5.71. The molecule has 1 N–H and O–H groups in total. The molecular weight excluding hydrogens is 158 g/mol. The molecule has 1 saturated heterocycles. The molecule has 2 unspecified atom stereocenters. The Bertz CT molecular complexity index is 140. The van der Waals surface area contributed by atoms with Crippen molar-refractivity contribution in [2.45, 2.75) is 59.4 Å². The van der Waals surface area contributed by atoms with Gasteiger partial charge in [-0.15, -0.1) is 0 Å². The van der Waals surface area contributed by atoms with Crippen LogP contribution in [0.2, 0.25) is 0 Å². The predicted octanol–water partition coefficient (Wildman–Crippen LogP) is 3.20. The monoisotopic (exact) mass is 183 g/mol. The van der Waals surface area contributed by atoms with Gasteiger partial charge in [0.1, 0.15) is 0 Å². The summed E-state index contributed by atoms with van der Waals surface area (Å²) in [5.74, 6) is 0.871. The van der Waals surface area contributed by atoms with Gasteiger partial charge in [0, 0.05) is 6.04 Å². The molecule has 0 aliphatic carbocycles. The van der Waals surface area contributed by atoms with E-state index >= 15 is 0 Å². The molecule has 0 saturated carbocycles.